The van der Waals surface area contributed by atoms with Crippen LogP contribution in [0.1, 0.15) is 66.7 Å². The van der Waals surface area contributed by atoms with Crippen molar-refractivity contribution in [3.8, 4) is 0 Å². The first kappa shape index (κ1) is 17.2. The molecular formula is C17H30O3. The van der Waals surface area contributed by atoms with Crippen molar-refractivity contribution in [2.24, 2.45) is 17.8 Å². The van der Waals surface area contributed by atoms with Gasteiger partial charge < -0.3 is 10.2 Å². The Kier molecular flexibility index (Phi) is 5.81. The molecule has 0 radical (unpaired) electrons. The zero-order valence-corrected chi connectivity index (χ0v) is 13.6. The number of carboxylic acids is 1. The van der Waals surface area contributed by atoms with Crippen LogP contribution in [-0.4, -0.2) is 21.8 Å². The van der Waals surface area contributed by atoms with E-state index in [1.807, 2.05) is 13.8 Å². The normalized spacial score (nSPS) is 30.2. The quantitative estimate of drug-likeness (QED) is 0.714. The lowest BCUT2D eigenvalue weighted by Gasteiger charge is -2.30. The highest BCUT2D eigenvalue weighted by atomic mass is 16.4. The number of rotatable bonds is 1. The number of hydrogen-bond acceptors (Lipinski definition) is 2. The molecule has 0 aromatic heterocycles. The second-order valence-electron chi connectivity index (χ2n) is 7.04. The summed E-state index contributed by atoms with van der Waals surface area (Å²) < 4.78 is 0. The van der Waals surface area contributed by atoms with Gasteiger partial charge in [-0.25, -0.2) is 0 Å². The molecule has 0 aromatic carbocycles. The predicted molar refractivity (Wildman–Crippen MR) is 81.5 cm³/mol. The summed E-state index contributed by atoms with van der Waals surface area (Å²) in [5, 5.41) is 17.7. The van der Waals surface area contributed by atoms with E-state index in [0.717, 1.165) is 25.2 Å². The Morgan fingerprint density at radius 1 is 1.10 bits per heavy atom. The zero-order valence-electron chi connectivity index (χ0n) is 13.6. The van der Waals surface area contributed by atoms with Crippen LogP contribution in [0.3, 0.4) is 0 Å². The third kappa shape index (κ3) is 4.62. The summed E-state index contributed by atoms with van der Waals surface area (Å²) in [4.78, 5) is 9.00. The van der Waals surface area contributed by atoms with Gasteiger partial charge in [-0.3, -0.25) is 4.79 Å². The van der Waals surface area contributed by atoms with Crippen molar-refractivity contribution in [3.63, 3.8) is 0 Å². The Hall–Kier alpha value is -0.830. The Bertz CT molecular complexity index is 372. The van der Waals surface area contributed by atoms with Gasteiger partial charge >= 0.3 is 0 Å². The lowest BCUT2D eigenvalue weighted by molar-refractivity contribution is -0.134. The number of aliphatic hydroxyl groups is 1. The summed E-state index contributed by atoms with van der Waals surface area (Å²) in [6.45, 7) is 9.78. The van der Waals surface area contributed by atoms with Crippen molar-refractivity contribution < 1.29 is 15.0 Å². The van der Waals surface area contributed by atoms with Crippen molar-refractivity contribution >= 4 is 5.97 Å². The molecule has 2 aliphatic rings. The SMILES string of the molecule is CC(=O)O.C[C@H]1CC[C@@H](C(C)(C)O)CC2=C1CC[C@@H]2C. The maximum absolute atomic E-state index is 10.2. The third-order valence-corrected chi connectivity index (χ3v) is 4.86. The highest BCUT2D eigenvalue weighted by Gasteiger charge is 2.35. The number of carboxylic acid groups (broad SMARTS) is 1. The first-order chi connectivity index (χ1) is 9.12. The lowest BCUT2D eigenvalue weighted by atomic mass is 9.81. The average molecular weight is 282 g/mol. The van der Waals surface area contributed by atoms with E-state index in [2.05, 4.69) is 13.8 Å². The van der Waals surface area contributed by atoms with Crippen molar-refractivity contribution in [2.45, 2.75) is 72.3 Å². The van der Waals surface area contributed by atoms with Gasteiger partial charge in [-0.1, -0.05) is 25.0 Å². The minimum atomic E-state index is -0.833. The van der Waals surface area contributed by atoms with Crippen LogP contribution in [-0.2, 0) is 4.79 Å². The van der Waals surface area contributed by atoms with Crippen LogP contribution in [0.4, 0.5) is 0 Å². The van der Waals surface area contributed by atoms with Crippen molar-refractivity contribution in [1.29, 1.82) is 0 Å². The molecule has 0 aliphatic heterocycles. The molecule has 2 rings (SSSR count). The lowest BCUT2D eigenvalue weighted by Crippen LogP contribution is -2.31. The smallest absolute Gasteiger partial charge is 0.300 e. The predicted octanol–water partition coefficient (Wildman–Crippen LogP) is 4.01. The molecule has 116 valence electrons. The number of carbonyl (C=O) groups is 1. The van der Waals surface area contributed by atoms with Gasteiger partial charge in [0.05, 0.1) is 5.60 Å². The van der Waals surface area contributed by atoms with Crippen LogP contribution in [0.15, 0.2) is 11.1 Å². The van der Waals surface area contributed by atoms with Crippen LogP contribution < -0.4 is 0 Å². The molecule has 0 saturated heterocycles. The molecule has 0 saturated carbocycles. The highest BCUT2D eigenvalue weighted by molar-refractivity contribution is 5.62. The van der Waals surface area contributed by atoms with E-state index in [-0.39, 0.29) is 0 Å². The zero-order chi connectivity index (χ0) is 15.5. The minimum absolute atomic E-state index is 0.461. The average Bonchev–Trinajstić information content (AvgIpc) is 2.53. The van der Waals surface area contributed by atoms with E-state index < -0.39 is 11.6 Å². The Labute approximate surface area is 123 Å². The minimum Gasteiger partial charge on any atom is -0.481 e. The standard InChI is InChI=1S/C15H26O.C2H4O2/c1-10-5-7-12(15(3,4)16)9-14-11(2)6-8-13(10)14;1-2(3)4/h10-12,16H,5-9H2,1-4H3;1H3,(H,3,4)/t10-,11-,12+;/m0./s1. The Morgan fingerprint density at radius 2 is 1.60 bits per heavy atom. The van der Waals surface area contributed by atoms with Gasteiger partial charge in [-0.15, -0.1) is 0 Å². The summed E-state index contributed by atoms with van der Waals surface area (Å²) in [5.74, 6) is 1.15. The Balaban J connectivity index is 0.000000444. The van der Waals surface area contributed by atoms with Crippen LogP contribution in [0.2, 0.25) is 0 Å². The molecule has 3 atom stereocenters. The summed E-state index contributed by atoms with van der Waals surface area (Å²) in [5.41, 5.74) is 2.92. The molecule has 2 aliphatic carbocycles. The van der Waals surface area contributed by atoms with E-state index in [1.54, 1.807) is 11.1 Å². The second kappa shape index (κ2) is 6.75. The molecule has 3 heteroatoms. The molecule has 2 N–H and O–H groups in total. The van der Waals surface area contributed by atoms with Crippen LogP contribution in [0.5, 0.6) is 0 Å². The third-order valence-electron chi connectivity index (χ3n) is 4.86. The molecule has 0 unspecified atom stereocenters. The summed E-state index contributed by atoms with van der Waals surface area (Å²) in [6.07, 6.45) is 6.25. The van der Waals surface area contributed by atoms with E-state index in [4.69, 9.17) is 9.90 Å². The molecule has 0 amide bonds. The van der Waals surface area contributed by atoms with Crippen molar-refractivity contribution in [3.05, 3.63) is 11.1 Å². The van der Waals surface area contributed by atoms with E-state index >= 15 is 0 Å². The first-order valence-corrected chi connectivity index (χ1v) is 7.76. The molecule has 0 bridgehead atoms. The van der Waals surface area contributed by atoms with E-state index in [0.29, 0.717) is 5.92 Å². The topological polar surface area (TPSA) is 57.5 Å². The maximum Gasteiger partial charge on any atom is 0.300 e. The summed E-state index contributed by atoms with van der Waals surface area (Å²) >= 11 is 0. The fourth-order valence-corrected chi connectivity index (χ4v) is 3.51. The molecule has 0 aromatic rings. The summed E-state index contributed by atoms with van der Waals surface area (Å²) in [7, 11) is 0. The first-order valence-electron chi connectivity index (χ1n) is 7.76. The molecule has 3 nitrogen and oxygen atoms in total. The van der Waals surface area contributed by atoms with Gasteiger partial charge in [0.25, 0.3) is 5.97 Å². The van der Waals surface area contributed by atoms with Crippen molar-refractivity contribution in [2.75, 3.05) is 0 Å². The highest BCUT2D eigenvalue weighted by Crippen LogP contribution is 2.45. The maximum atomic E-state index is 10.2. The summed E-state index contributed by atoms with van der Waals surface area (Å²) in [6, 6.07) is 0. The number of hydrogen-bond donors (Lipinski definition) is 2. The van der Waals surface area contributed by atoms with Gasteiger partial charge in [-0.05, 0) is 63.7 Å². The van der Waals surface area contributed by atoms with Gasteiger partial charge in [0.1, 0.15) is 0 Å². The van der Waals surface area contributed by atoms with Crippen LogP contribution in [0.25, 0.3) is 0 Å². The molecule has 0 heterocycles. The van der Waals surface area contributed by atoms with Gasteiger partial charge in [0.15, 0.2) is 0 Å². The van der Waals surface area contributed by atoms with Gasteiger partial charge in [0, 0.05) is 6.92 Å². The Morgan fingerprint density at radius 3 is 2.10 bits per heavy atom. The molecular weight excluding hydrogens is 252 g/mol. The molecule has 0 fully saturated rings. The van der Waals surface area contributed by atoms with Crippen molar-refractivity contribution in [1.82, 2.24) is 0 Å². The van der Waals surface area contributed by atoms with E-state index in [9.17, 15) is 5.11 Å². The van der Waals surface area contributed by atoms with Crippen LogP contribution in [0, 0.1) is 17.8 Å². The second-order valence-corrected chi connectivity index (χ2v) is 7.04. The molecule has 20 heavy (non-hydrogen) atoms. The fraction of sp³-hybridized carbons (Fsp3) is 0.824. The van der Waals surface area contributed by atoms with E-state index in [1.165, 1.54) is 25.7 Å². The molecule has 0 spiro atoms. The van der Waals surface area contributed by atoms with Crippen LogP contribution >= 0.6 is 0 Å². The fourth-order valence-electron chi connectivity index (χ4n) is 3.51. The monoisotopic (exact) mass is 282 g/mol. The van der Waals surface area contributed by atoms with Gasteiger partial charge in [-0.2, -0.15) is 0 Å². The number of allylic oxidation sites excluding steroid dienone is 2. The largest absolute Gasteiger partial charge is 0.481 e. The number of aliphatic carboxylic acids is 1. The van der Waals surface area contributed by atoms with Gasteiger partial charge in [0.2, 0.25) is 0 Å².